The first-order chi connectivity index (χ1) is 12.2. The number of methoxy groups -OCH3 is 1. The zero-order valence-corrected chi connectivity index (χ0v) is 13.8. The molecule has 2 rings (SSSR count). The molecule has 0 aliphatic heterocycles. The third-order valence-electron chi connectivity index (χ3n) is 3.45. The fourth-order valence-corrected chi connectivity index (χ4v) is 2.20. The molecule has 0 aromatic heterocycles. The van der Waals surface area contributed by atoms with Crippen LogP contribution < -0.4 is 9.64 Å². The molecule has 0 aliphatic carbocycles. The van der Waals surface area contributed by atoms with Gasteiger partial charge < -0.3 is 14.4 Å². The van der Waals surface area contributed by atoms with Gasteiger partial charge in [-0.3, -0.25) is 4.79 Å². The van der Waals surface area contributed by atoms with E-state index in [1.54, 1.807) is 36.4 Å². The third kappa shape index (κ3) is 5.08. The lowest BCUT2D eigenvalue weighted by molar-refractivity contribution is -0.120. The van der Waals surface area contributed by atoms with Gasteiger partial charge >= 0.3 is 5.97 Å². The number of nitrogens with zero attached hydrogens (tertiary/aromatic N) is 2. The lowest BCUT2D eigenvalue weighted by Crippen LogP contribution is -2.35. The van der Waals surface area contributed by atoms with Crippen LogP contribution in [0.25, 0.3) is 0 Å². The maximum Gasteiger partial charge on any atom is 0.337 e. The summed E-state index contributed by atoms with van der Waals surface area (Å²) in [4.78, 5) is 25.4. The zero-order chi connectivity index (χ0) is 18.1. The zero-order valence-electron chi connectivity index (χ0n) is 13.8. The number of nitriles is 1. The fraction of sp³-hybridized carbons (Fsp3) is 0.211. The van der Waals surface area contributed by atoms with Crippen LogP contribution in [0.2, 0.25) is 0 Å². The Bertz CT molecular complexity index is 751. The molecule has 0 bridgehead atoms. The molecule has 1 amide bonds. The van der Waals surface area contributed by atoms with E-state index in [2.05, 4.69) is 4.74 Å². The number of carbonyl (C=O) groups is 2. The first kappa shape index (κ1) is 18.0. The molecule has 2 aromatic carbocycles. The molecule has 0 N–H and O–H groups in total. The largest absolute Gasteiger partial charge is 0.484 e. The summed E-state index contributed by atoms with van der Waals surface area (Å²) in [5, 5.41) is 8.79. The van der Waals surface area contributed by atoms with Crippen LogP contribution in [0, 0.1) is 11.3 Å². The van der Waals surface area contributed by atoms with Crippen molar-refractivity contribution in [3.63, 3.8) is 0 Å². The highest BCUT2D eigenvalue weighted by molar-refractivity contribution is 5.94. The van der Waals surface area contributed by atoms with Crippen LogP contribution in [0.4, 0.5) is 5.69 Å². The Kier molecular flexibility index (Phi) is 6.55. The molecule has 6 heteroatoms. The van der Waals surface area contributed by atoms with E-state index in [1.165, 1.54) is 12.0 Å². The summed E-state index contributed by atoms with van der Waals surface area (Å²) in [5.74, 6) is -0.220. The minimum atomic E-state index is -0.436. The van der Waals surface area contributed by atoms with E-state index in [9.17, 15) is 9.59 Å². The third-order valence-corrected chi connectivity index (χ3v) is 3.45. The number of rotatable bonds is 7. The van der Waals surface area contributed by atoms with Crippen molar-refractivity contribution in [2.45, 2.75) is 6.42 Å². The average molecular weight is 338 g/mol. The Hall–Kier alpha value is -3.33. The van der Waals surface area contributed by atoms with Crippen molar-refractivity contribution in [3.05, 3.63) is 60.2 Å². The molecule has 0 radical (unpaired) electrons. The van der Waals surface area contributed by atoms with Gasteiger partial charge in [0.05, 0.1) is 25.2 Å². The minimum Gasteiger partial charge on any atom is -0.484 e. The summed E-state index contributed by atoms with van der Waals surface area (Å²) < 4.78 is 10.1. The van der Waals surface area contributed by atoms with E-state index in [-0.39, 0.29) is 18.9 Å². The molecule has 0 saturated carbocycles. The second-order valence-corrected chi connectivity index (χ2v) is 5.09. The van der Waals surface area contributed by atoms with E-state index in [0.717, 1.165) is 0 Å². The smallest absolute Gasteiger partial charge is 0.337 e. The van der Waals surface area contributed by atoms with Crippen LogP contribution in [-0.2, 0) is 9.53 Å². The van der Waals surface area contributed by atoms with Crippen LogP contribution in [0.5, 0.6) is 5.75 Å². The number of amides is 1. The highest BCUT2D eigenvalue weighted by Gasteiger charge is 2.16. The van der Waals surface area contributed by atoms with Crippen molar-refractivity contribution < 1.29 is 19.1 Å². The molecular weight excluding hydrogens is 320 g/mol. The van der Waals surface area contributed by atoms with Gasteiger partial charge in [0.15, 0.2) is 6.61 Å². The maximum absolute atomic E-state index is 12.5. The maximum atomic E-state index is 12.5. The quantitative estimate of drug-likeness (QED) is 0.725. The van der Waals surface area contributed by atoms with E-state index in [1.807, 2.05) is 24.3 Å². The lowest BCUT2D eigenvalue weighted by atomic mass is 10.2. The molecule has 0 fully saturated rings. The number of carbonyl (C=O) groups excluding carboxylic acids is 2. The lowest BCUT2D eigenvalue weighted by Gasteiger charge is -2.21. The summed E-state index contributed by atoms with van der Waals surface area (Å²) in [6.45, 7) is 0.127. The topological polar surface area (TPSA) is 79.6 Å². The monoisotopic (exact) mass is 338 g/mol. The number of esters is 1. The predicted molar refractivity (Wildman–Crippen MR) is 92.3 cm³/mol. The highest BCUT2D eigenvalue weighted by atomic mass is 16.5. The van der Waals surface area contributed by atoms with Gasteiger partial charge in [0.2, 0.25) is 0 Å². The number of benzene rings is 2. The van der Waals surface area contributed by atoms with E-state index < -0.39 is 5.97 Å². The Balaban J connectivity index is 2.01. The number of hydrogen-bond donors (Lipinski definition) is 0. The molecule has 0 unspecified atom stereocenters. The van der Waals surface area contributed by atoms with Gasteiger partial charge in [0.1, 0.15) is 5.75 Å². The van der Waals surface area contributed by atoms with E-state index in [0.29, 0.717) is 23.5 Å². The standard InChI is InChI=1S/C19H18N2O4/c1-24-19(23)15-8-10-17(11-9-15)25-14-18(22)21(13-5-12-20)16-6-3-2-4-7-16/h2-4,6-11H,5,13-14H2,1H3. The van der Waals surface area contributed by atoms with Gasteiger partial charge in [-0.25, -0.2) is 4.79 Å². The van der Waals surface area contributed by atoms with Gasteiger partial charge in [-0.1, -0.05) is 18.2 Å². The number of hydrogen-bond acceptors (Lipinski definition) is 5. The minimum absolute atomic E-state index is 0.169. The van der Waals surface area contributed by atoms with Crippen molar-refractivity contribution in [1.82, 2.24) is 0 Å². The summed E-state index contributed by atoms with van der Waals surface area (Å²) in [6, 6.07) is 17.5. The molecule has 0 aliphatic rings. The van der Waals surface area contributed by atoms with Gasteiger partial charge in [-0.2, -0.15) is 5.26 Å². The number of ether oxygens (including phenoxy) is 2. The SMILES string of the molecule is COC(=O)c1ccc(OCC(=O)N(CCC#N)c2ccccc2)cc1. The second-order valence-electron chi connectivity index (χ2n) is 5.09. The Labute approximate surface area is 146 Å². The summed E-state index contributed by atoms with van der Waals surface area (Å²) in [5.41, 5.74) is 1.12. The van der Waals surface area contributed by atoms with Crippen LogP contribution in [-0.4, -0.2) is 32.1 Å². The Morgan fingerprint density at radius 1 is 1.08 bits per heavy atom. The van der Waals surface area contributed by atoms with Gasteiger partial charge in [-0.15, -0.1) is 0 Å². The molecule has 2 aromatic rings. The van der Waals surface area contributed by atoms with Gasteiger partial charge in [-0.05, 0) is 36.4 Å². The first-order valence-electron chi connectivity index (χ1n) is 7.69. The van der Waals surface area contributed by atoms with Gasteiger partial charge in [0.25, 0.3) is 5.91 Å². The Morgan fingerprint density at radius 2 is 1.76 bits per heavy atom. The van der Waals surface area contributed by atoms with Crippen molar-refractivity contribution in [3.8, 4) is 11.8 Å². The molecule has 128 valence electrons. The molecule has 0 atom stereocenters. The van der Waals surface area contributed by atoms with Crippen LogP contribution in [0.3, 0.4) is 0 Å². The Morgan fingerprint density at radius 3 is 2.36 bits per heavy atom. The fourth-order valence-electron chi connectivity index (χ4n) is 2.20. The summed E-state index contributed by atoms with van der Waals surface area (Å²) in [6.07, 6.45) is 0.231. The second kappa shape index (κ2) is 9.08. The predicted octanol–water partition coefficient (Wildman–Crippen LogP) is 2.80. The molecule has 0 heterocycles. The summed E-state index contributed by atoms with van der Waals surface area (Å²) in [7, 11) is 1.31. The van der Waals surface area contributed by atoms with E-state index >= 15 is 0 Å². The molecule has 0 spiro atoms. The van der Waals surface area contributed by atoms with Crippen molar-refractivity contribution in [2.75, 3.05) is 25.2 Å². The van der Waals surface area contributed by atoms with Crippen LogP contribution in [0.1, 0.15) is 16.8 Å². The van der Waals surface area contributed by atoms with Crippen molar-refractivity contribution in [1.29, 1.82) is 5.26 Å². The normalized spacial score (nSPS) is 9.76. The van der Waals surface area contributed by atoms with Crippen molar-refractivity contribution >= 4 is 17.6 Å². The van der Waals surface area contributed by atoms with Crippen molar-refractivity contribution in [2.24, 2.45) is 0 Å². The number of para-hydroxylation sites is 1. The average Bonchev–Trinajstić information content (AvgIpc) is 2.67. The summed E-state index contributed by atoms with van der Waals surface area (Å²) >= 11 is 0. The molecule has 0 saturated heterocycles. The number of anilines is 1. The first-order valence-corrected chi connectivity index (χ1v) is 7.69. The molecule has 6 nitrogen and oxygen atoms in total. The van der Waals surface area contributed by atoms with Crippen LogP contribution in [0.15, 0.2) is 54.6 Å². The highest BCUT2D eigenvalue weighted by Crippen LogP contribution is 2.16. The van der Waals surface area contributed by atoms with E-state index in [4.69, 9.17) is 10.00 Å². The van der Waals surface area contributed by atoms with Crippen LogP contribution >= 0.6 is 0 Å². The molecular formula is C19H18N2O4. The molecule has 25 heavy (non-hydrogen) atoms. The van der Waals surface area contributed by atoms with Gasteiger partial charge in [0, 0.05) is 12.2 Å².